The highest BCUT2D eigenvalue weighted by Crippen LogP contribution is 2.07. The number of aromatic nitrogens is 1. The Kier molecular flexibility index (Phi) is 5.35. The number of amides is 1. The number of ether oxygens (including phenoxy) is 1. The van der Waals surface area contributed by atoms with Crippen LogP contribution in [0, 0.1) is 0 Å². The topological polar surface area (TPSA) is 143 Å². The summed E-state index contributed by atoms with van der Waals surface area (Å²) in [7, 11) is 1.20. The molecular formula is C12H12N2O7. The maximum atomic E-state index is 11.8. The lowest BCUT2D eigenvalue weighted by atomic mass is 10.1. The number of carbonyl (C=O) groups excluding carboxylic acids is 2. The van der Waals surface area contributed by atoms with Crippen LogP contribution in [0.5, 0.6) is 0 Å². The molecule has 3 N–H and O–H groups in total. The van der Waals surface area contributed by atoms with Gasteiger partial charge in [-0.05, 0) is 12.1 Å². The molecule has 0 saturated heterocycles. The summed E-state index contributed by atoms with van der Waals surface area (Å²) in [6, 6.07) is 1.89. The fraction of sp³-hybridized carbons (Fsp3) is 0.250. The zero-order chi connectivity index (χ0) is 16.0. The molecule has 0 atom stereocenters. The van der Waals surface area contributed by atoms with Crippen molar-refractivity contribution in [1.29, 1.82) is 0 Å². The Morgan fingerprint density at radius 1 is 1.14 bits per heavy atom. The summed E-state index contributed by atoms with van der Waals surface area (Å²) in [5.41, 5.74) is -1.30. The minimum absolute atomic E-state index is 0.0291. The van der Waals surface area contributed by atoms with Crippen molar-refractivity contribution in [2.75, 3.05) is 13.7 Å². The zero-order valence-corrected chi connectivity index (χ0v) is 11.0. The average molecular weight is 296 g/mol. The number of hydrogen-bond donors (Lipinski definition) is 3. The molecule has 0 fully saturated rings. The van der Waals surface area contributed by atoms with Crippen molar-refractivity contribution in [3.05, 3.63) is 29.1 Å². The van der Waals surface area contributed by atoms with Gasteiger partial charge in [-0.3, -0.25) is 9.59 Å². The summed E-state index contributed by atoms with van der Waals surface area (Å²) in [5.74, 6) is -4.16. The highest BCUT2D eigenvalue weighted by atomic mass is 16.5. The molecule has 112 valence electrons. The van der Waals surface area contributed by atoms with Gasteiger partial charge in [-0.2, -0.15) is 0 Å². The average Bonchev–Trinajstić information content (AvgIpc) is 2.46. The summed E-state index contributed by atoms with van der Waals surface area (Å²) in [6.45, 7) is -0.0291. The largest absolute Gasteiger partial charge is 0.477 e. The number of aromatic carboxylic acids is 2. The standard InChI is InChI=1S/C12H12N2O7/c1-21-9(15)2-3-13-10(16)6-4-7(11(17)18)14-8(5-6)12(19)20/h4-5H,2-3H2,1H3,(H,13,16)(H,17,18)(H,19,20). The van der Waals surface area contributed by atoms with E-state index >= 15 is 0 Å². The quantitative estimate of drug-likeness (QED) is 0.611. The highest BCUT2D eigenvalue weighted by Gasteiger charge is 2.17. The van der Waals surface area contributed by atoms with Crippen LogP contribution in [0.2, 0.25) is 0 Å². The number of carboxylic acid groups (broad SMARTS) is 2. The number of pyridine rings is 1. The van der Waals surface area contributed by atoms with Gasteiger partial charge < -0.3 is 20.3 Å². The van der Waals surface area contributed by atoms with Crippen LogP contribution in [0.15, 0.2) is 12.1 Å². The summed E-state index contributed by atoms with van der Waals surface area (Å²) in [5, 5.41) is 20.0. The lowest BCUT2D eigenvalue weighted by Gasteiger charge is -2.06. The second-order valence-electron chi connectivity index (χ2n) is 3.82. The first-order chi connectivity index (χ1) is 9.85. The Morgan fingerprint density at radius 3 is 2.10 bits per heavy atom. The van der Waals surface area contributed by atoms with E-state index in [1.54, 1.807) is 0 Å². The molecular weight excluding hydrogens is 284 g/mol. The van der Waals surface area contributed by atoms with Gasteiger partial charge in [-0.25, -0.2) is 14.6 Å². The van der Waals surface area contributed by atoms with Gasteiger partial charge in [0.05, 0.1) is 13.5 Å². The summed E-state index contributed by atoms with van der Waals surface area (Å²) in [6.07, 6.45) is -0.0646. The molecule has 9 heteroatoms. The Bertz CT molecular complexity index is 565. The number of rotatable bonds is 6. The lowest BCUT2D eigenvalue weighted by Crippen LogP contribution is -2.27. The number of carbonyl (C=O) groups is 4. The van der Waals surface area contributed by atoms with Crippen LogP contribution in [-0.4, -0.2) is 52.7 Å². The molecule has 9 nitrogen and oxygen atoms in total. The van der Waals surface area contributed by atoms with E-state index < -0.39 is 35.2 Å². The number of esters is 1. The number of hydrogen-bond acceptors (Lipinski definition) is 6. The van der Waals surface area contributed by atoms with E-state index in [-0.39, 0.29) is 18.5 Å². The first-order valence-corrected chi connectivity index (χ1v) is 5.69. The van der Waals surface area contributed by atoms with Crippen molar-refractivity contribution in [3.63, 3.8) is 0 Å². The van der Waals surface area contributed by atoms with Gasteiger partial charge in [-0.15, -0.1) is 0 Å². The number of methoxy groups -OCH3 is 1. The summed E-state index contributed by atoms with van der Waals surface area (Å²) < 4.78 is 4.38. The molecule has 1 heterocycles. The van der Waals surface area contributed by atoms with Crippen LogP contribution >= 0.6 is 0 Å². The molecule has 1 aromatic rings. The predicted octanol–water partition coefficient (Wildman–Crippen LogP) is -0.229. The van der Waals surface area contributed by atoms with E-state index in [4.69, 9.17) is 10.2 Å². The van der Waals surface area contributed by atoms with Crippen molar-refractivity contribution >= 4 is 23.8 Å². The van der Waals surface area contributed by atoms with Crippen molar-refractivity contribution in [1.82, 2.24) is 10.3 Å². The lowest BCUT2D eigenvalue weighted by molar-refractivity contribution is -0.140. The maximum absolute atomic E-state index is 11.8. The first kappa shape index (κ1) is 16.1. The van der Waals surface area contributed by atoms with Crippen molar-refractivity contribution in [2.45, 2.75) is 6.42 Å². The molecule has 0 aliphatic rings. The van der Waals surface area contributed by atoms with Crippen LogP contribution in [-0.2, 0) is 9.53 Å². The van der Waals surface area contributed by atoms with Gasteiger partial charge in [0.2, 0.25) is 0 Å². The maximum Gasteiger partial charge on any atom is 0.354 e. The van der Waals surface area contributed by atoms with Gasteiger partial charge in [0, 0.05) is 12.1 Å². The summed E-state index contributed by atoms with van der Waals surface area (Å²) in [4.78, 5) is 47.7. The van der Waals surface area contributed by atoms with Crippen LogP contribution in [0.4, 0.5) is 0 Å². The molecule has 1 rings (SSSR count). The predicted molar refractivity (Wildman–Crippen MR) is 67.1 cm³/mol. The molecule has 0 aliphatic carbocycles. The third-order valence-electron chi connectivity index (χ3n) is 2.37. The van der Waals surface area contributed by atoms with E-state index in [2.05, 4.69) is 15.0 Å². The van der Waals surface area contributed by atoms with Gasteiger partial charge in [0.15, 0.2) is 0 Å². The molecule has 1 aromatic heterocycles. The molecule has 0 unspecified atom stereocenters. The van der Waals surface area contributed by atoms with Crippen molar-refractivity contribution < 1.29 is 34.1 Å². The molecule has 0 aromatic carbocycles. The van der Waals surface area contributed by atoms with E-state index in [9.17, 15) is 19.2 Å². The molecule has 0 saturated carbocycles. The Balaban J connectivity index is 2.90. The molecule has 0 bridgehead atoms. The number of nitrogens with one attached hydrogen (secondary N) is 1. The van der Waals surface area contributed by atoms with Gasteiger partial charge in [0.25, 0.3) is 5.91 Å². The monoisotopic (exact) mass is 296 g/mol. The Morgan fingerprint density at radius 2 is 1.67 bits per heavy atom. The molecule has 1 amide bonds. The summed E-state index contributed by atoms with van der Waals surface area (Å²) >= 11 is 0. The van der Waals surface area contributed by atoms with E-state index in [0.29, 0.717) is 0 Å². The van der Waals surface area contributed by atoms with Gasteiger partial charge in [-0.1, -0.05) is 0 Å². The van der Waals surface area contributed by atoms with E-state index in [0.717, 1.165) is 12.1 Å². The third kappa shape index (κ3) is 4.56. The van der Waals surface area contributed by atoms with E-state index in [1.807, 2.05) is 0 Å². The number of carboxylic acids is 2. The second-order valence-corrected chi connectivity index (χ2v) is 3.82. The first-order valence-electron chi connectivity index (χ1n) is 5.69. The van der Waals surface area contributed by atoms with Crippen molar-refractivity contribution in [2.24, 2.45) is 0 Å². The van der Waals surface area contributed by atoms with Crippen LogP contribution in [0.3, 0.4) is 0 Å². The van der Waals surface area contributed by atoms with Crippen LogP contribution in [0.25, 0.3) is 0 Å². The Labute approximate surface area is 118 Å². The molecule has 0 spiro atoms. The van der Waals surface area contributed by atoms with Crippen LogP contribution < -0.4 is 5.32 Å². The minimum atomic E-state index is -1.46. The second kappa shape index (κ2) is 6.98. The zero-order valence-electron chi connectivity index (χ0n) is 11.0. The van der Waals surface area contributed by atoms with Crippen LogP contribution in [0.1, 0.15) is 37.8 Å². The molecule has 0 aliphatic heterocycles. The normalized spacial score (nSPS) is 9.76. The van der Waals surface area contributed by atoms with Crippen molar-refractivity contribution in [3.8, 4) is 0 Å². The Hall–Kier alpha value is -2.97. The third-order valence-corrected chi connectivity index (χ3v) is 2.37. The smallest absolute Gasteiger partial charge is 0.354 e. The van der Waals surface area contributed by atoms with Gasteiger partial charge in [0.1, 0.15) is 11.4 Å². The van der Waals surface area contributed by atoms with Gasteiger partial charge >= 0.3 is 17.9 Å². The fourth-order valence-electron chi connectivity index (χ4n) is 1.36. The SMILES string of the molecule is COC(=O)CCNC(=O)c1cc(C(=O)O)nc(C(=O)O)c1. The minimum Gasteiger partial charge on any atom is -0.477 e. The fourth-order valence-corrected chi connectivity index (χ4v) is 1.36. The van der Waals surface area contributed by atoms with E-state index in [1.165, 1.54) is 7.11 Å². The highest BCUT2D eigenvalue weighted by molar-refractivity contribution is 5.99. The molecule has 0 radical (unpaired) electrons. The number of nitrogens with zero attached hydrogens (tertiary/aromatic N) is 1. The molecule has 21 heavy (non-hydrogen) atoms.